The fraction of sp³-hybridized carbons (Fsp3) is 0.381. The predicted octanol–water partition coefficient (Wildman–Crippen LogP) is 3.44. The average Bonchev–Trinajstić information content (AvgIpc) is 2.68. The van der Waals surface area contributed by atoms with Gasteiger partial charge in [-0.15, -0.1) is 0 Å². The molecule has 0 unspecified atom stereocenters. The van der Waals surface area contributed by atoms with Crippen molar-refractivity contribution in [1.82, 2.24) is 20.3 Å². The van der Waals surface area contributed by atoms with E-state index in [1.165, 1.54) is 11.1 Å². The van der Waals surface area contributed by atoms with E-state index < -0.39 is 0 Å². The van der Waals surface area contributed by atoms with Gasteiger partial charge in [-0.05, 0) is 45.0 Å². The van der Waals surface area contributed by atoms with Crippen LogP contribution >= 0.6 is 0 Å². The highest BCUT2D eigenvalue weighted by molar-refractivity contribution is 5.78. The van der Waals surface area contributed by atoms with E-state index in [1.807, 2.05) is 19.1 Å². The molecule has 26 heavy (non-hydrogen) atoms. The molecule has 0 aliphatic carbocycles. The zero-order valence-corrected chi connectivity index (χ0v) is 15.4. The van der Waals surface area contributed by atoms with Gasteiger partial charge in [-0.3, -0.25) is 4.98 Å². The number of anilines is 1. The zero-order valence-electron chi connectivity index (χ0n) is 15.4. The van der Waals surface area contributed by atoms with E-state index in [9.17, 15) is 0 Å². The van der Waals surface area contributed by atoms with Crippen molar-refractivity contribution in [2.45, 2.75) is 32.2 Å². The Kier molecular flexibility index (Phi) is 4.80. The second-order valence-electron chi connectivity index (χ2n) is 7.07. The van der Waals surface area contributed by atoms with E-state index >= 15 is 0 Å². The summed E-state index contributed by atoms with van der Waals surface area (Å²) in [5.74, 6) is 2.35. The Balaban J connectivity index is 1.56. The third kappa shape index (κ3) is 3.68. The molecule has 3 heterocycles. The summed E-state index contributed by atoms with van der Waals surface area (Å²) >= 11 is 0. The lowest BCUT2D eigenvalue weighted by Crippen LogP contribution is -2.27. The lowest BCUT2D eigenvalue weighted by molar-refractivity contribution is 0.452. The molecule has 1 fully saturated rings. The van der Waals surface area contributed by atoms with Gasteiger partial charge in [-0.2, -0.15) is 0 Å². The molecule has 1 aromatic carbocycles. The highest BCUT2D eigenvalue weighted by Gasteiger charge is 2.18. The van der Waals surface area contributed by atoms with Gasteiger partial charge < -0.3 is 10.2 Å². The van der Waals surface area contributed by atoms with E-state index in [0.717, 1.165) is 55.3 Å². The van der Waals surface area contributed by atoms with E-state index in [2.05, 4.69) is 52.6 Å². The van der Waals surface area contributed by atoms with Crippen molar-refractivity contribution in [3.8, 4) is 0 Å². The van der Waals surface area contributed by atoms with E-state index in [1.54, 1.807) is 0 Å². The van der Waals surface area contributed by atoms with Crippen LogP contribution in [0.4, 0.5) is 5.82 Å². The molecule has 1 aliphatic heterocycles. The van der Waals surface area contributed by atoms with Crippen molar-refractivity contribution >= 4 is 16.7 Å². The number of nitrogens with one attached hydrogen (secondary N) is 1. The quantitative estimate of drug-likeness (QED) is 0.783. The number of piperidine rings is 1. The molecule has 4 rings (SSSR count). The number of rotatable bonds is 4. The average molecular weight is 347 g/mol. The minimum absolute atomic E-state index is 0.531. The number of benzene rings is 1. The summed E-state index contributed by atoms with van der Waals surface area (Å²) in [6, 6.07) is 14.6. The molecule has 5 nitrogen and oxygen atoms in total. The van der Waals surface area contributed by atoms with Gasteiger partial charge >= 0.3 is 0 Å². The summed E-state index contributed by atoms with van der Waals surface area (Å²) < 4.78 is 0. The molecular formula is C21H25N5. The van der Waals surface area contributed by atoms with Crippen LogP contribution in [0.15, 0.2) is 42.5 Å². The highest BCUT2D eigenvalue weighted by Crippen LogP contribution is 2.26. The zero-order chi connectivity index (χ0) is 17.9. The van der Waals surface area contributed by atoms with Crippen LogP contribution in [0.1, 0.15) is 36.0 Å². The number of pyridine rings is 1. The minimum Gasteiger partial charge on any atom is -0.354 e. The van der Waals surface area contributed by atoms with Gasteiger partial charge in [0.15, 0.2) is 0 Å². The Morgan fingerprint density at radius 2 is 1.85 bits per heavy atom. The normalized spacial score (nSPS) is 15.3. The lowest BCUT2D eigenvalue weighted by atomic mass is 9.94. The maximum atomic E-state index is 4.78. The van der Waals surface area contributed by atoms with Gasteiger partial charge in [0.2, 0.25) is 0 Å². The van der Waals surface area contributed by atoms with Gasteiger partial charge in [0.25, 0.3) is 0 Å². The second kappa shape index (κ2) is 7.38. The fourth-order valence-corrected chi connectivity index (χ4v) is 3.62. The number of hydrogen-bond acceptors (Lipinski definition) is 5. The van der Waals surface area contributed by atoms with Crippen LogP contribution in [-0.4, -0.2) is 35.1 Å². The van der Waals surface area contributed by atoms with Gasteiger partial charge in [0.1, 0.15) is 11.6 Å². The summed E-state index contributed by atoms with van der Waals surface area (Å²) in [6.07, 6.45) is 2.29. The van der Waals surface area contributed by atoms with Gasteiger partial charge in [-0.25, -0.2) is 9.97 Å². The van der Waals surface area contributed by atoms with Gasteiger partial charge in [0, 0.05) is 30.1 Å². The van der Waals surface area contributed by atoms with E-state index in [0.29, 0.717) is 5.92 Å². The third-order valence-electron chi connectivity index (χ3n) is 5.05. The molecule has 2 aromatic heterocycles. The SMILES string of the molecule is Cc1nc(C2CCNCC2)cc(N(C)Cc2ccc3ccccc3n2)n1. The summed E-state index contributed by atoms with van der Waals surface area (Å²) in [5.41, 5.74) is 3.26. The Hall–Kier alpha value is -2.53. The number of hydrogen-bond donors (Lipinski definition) is 1. The topological polar surface area (TPSA) is 53.9 Å². The summed E-state index contributed by atoms with van der Waals surface area (Å²) in [4.78, 5) is 16.3. The largest absolute Gasteiger partial charge is 0.354 e. The lowest BCUT2D eigenvalue weighted by Gasteiger charge is -2.24. The summed E-state index contributed by atoms with van der Waals surface area (Å²) in [6.45, 7) is 4.85. The molecule has 1 aliphatic rings. The van der Waals surface area contributed by atoms with Gasteiger partial charge in [-0.1, -0.05) is 24.3 Å². The number of para-hydroxylation sites is 1. The van der Waals surface area contributed by atoms with Crippen molar-refractivity contribution in [3.63, 3.8) is 0 Å². The Morgan fingerprint density at radius 1 is 1.04 bits per heavy atom. The van der Waals surface area contributed by atoms with Crippen LogP contribution < -0.4 is 10.2 Å². The molecule has 0 amide bonds. The third-order valence-corrected chi connectivity index (χ3v) is 5.05. The summed E-state index contributed by atoms with van der Waals surface area (Å²) in [5, 5.41) is 4.59. The van der Waals surface area contributed by atoms with E-state index in [-0.39, 0.29) is 0 Å². The first-order valence-corrected chi connectivity index (χ1v) is 9.31. The minimum atomic E-state index is 0.531. The Bertz CT molecular complexity index is 902. The van der Waals surface area contributed by atoms with E-state index in [4.69, 9.17) is 9.97 Å². The van der Waals surface area contributed by atoms with Crippen molar-refractivity contribution in [3.05, 3.63) is 59.7 Å². The molecule has 0 spiro atoms. The number of aryl methyl sites for hydroxylation is 1. The van der Waals surface area contributed by atoms with Crippen molar-refractivity contribution in [2.24, 2.45) is 0 Å². The van der Waals surface area contributed by atoms with Crippen LogP contribution in [0.25, 0.3) is 10.9 Å². The molecule has 134 valence electrons. The Labute approximate surface area is 154 Å². The molecule has 0 saturated carbocycles. The Morgan fingerprint density at radius 3 is 2.69 bits per heavy atom. The first kappa shape index (κ1) is 16.9. The number of nitrogens with zero attached hydrogens (tertiary/aromatic N) is 4. The monoisotopic (exact) mass is 347 g/mol. The molecule has 0 atom stereocenters. The van der Waals surface area contributed by atoms with Gasteiger partial charge in [0.05, 0.1) is 17.8 Å². The molecular weight excluding hydrogens is 322 g/mol. The first-order chi connectivity index (χ1) is 12.7. The smallest absolute Gasteiger partial charge is 0.132 e. The first-order valence-electron chi connectivity index (χ1n) is 9.31. The number of fused-ring (bicyclic) bond motifs is 1. The van der Waals surface area contributed by atoms with Crippen molar-refractivity contribution in [1.29, 1.82) is 0 Å². The molecule has 5 heteroatoms. The molecule has 0 bridgehead atoms. The molecule has 3 aromatic rings. The molecule has 0 radical (unpaired) electrons. The fourth-order valence-electron chi connectivity index (χ4n) is 3.62. The molecule has 1 N–H and O–H groups in total. The second-order valence-corrected chi connectivity index (χ2v) is 7.07. The summed E-state index contributed by atoms with van der Waals surface area (Å²) in [7, 11) is 2.07. The van der Waals surface area contributed by atoms with Crippen molar-refractivity contribution in [2.75, 3.05) is 25.0 Å². The van der Waals surface area contributed by atoms with Crippen LogP contribution in [-0.2, 0) is 6.54 Å². The van der Waals surface area contributed by atoms with Crippen LogP contribution in [0.5, 0.6) is 0 Å². The predicted molar refractivity (Wildman–Crippen MR) is 105 cm³/mol. The van der Waals surface area contributed by atoms with Crippen LogP contribution in [0.3, 0.4) is 0 Å². The number of aromatic nitrogens is 3. The maximum absolute atomic E-state index is 4.78. The maximum Gasteiger partial charge on any atom is 0.132 e. The van der Waals surface area contributed by atoms with Crippen LogP contribution in [0.2, 0.25) is 0 Å². The highest BCUT2D eigenvalue weighted by atomic mass is 15.2. The van der Waals surface area contributed by atoms with Crippen molar-refractivity contribution < 1.29 is 0 Å². The standard InChI is InChI=1S/C21H25N5/c1-15-23-20(17-9-11-22-12-10-17)13-21(24-15)26(2)14-18-8-7-16-5-3-4-6-19(16)25-18/h3-8,13,17,22H,9-12,14H2,1-2H3. The molecule has 1 saturated heterocycles. The van der Waals surface area contributed by atoms with Crippen LogP contribution in [0, 0.1) is 6.92 Å².